The molecule has 1 fully saturated rings. The van der Waals surface area contributed by atoms with Crippen molar-refractivity contribution in [1.82, 2.24) is 19.7 Å². The summed E-state index contributed by atoms with van der Waals surface area (Å²) in [5.74, 6) is -3.56. The summed E-state index contributed by atoms with van der Waals surface area (Å²) in [6.07, 6.45) is 2.05. The molecule has 9 heteroatoms. The molecule has 6 rings (SSSR count). The van der Waals surface area contributed by atoms with Crippen molar-refractivity contribution in [3.8, 4) is 11.3 Å². The van der Waals surface area contributed by atoms with Crippen LogP contribution < -0.4 is 0 Å². The van der Waals surface area contributed by atoms with Gasteiger partial charge in [0.2, 0.25) is 0 Å². The molecule has 33 heavy (non-hydrogen) atoms. The summed E-state index contributed by atoms with van der Waals surface area (Å²) in [6, 6.07) is 6.89. The molecule has 2 aliphatic heterocycles. The number of amides is 1. The first-order valence-electron chi connectivity index (χ1n) is 10.7. The number of hydrogen-bond acceptors (Lipinski definition) is 4. The molecule has 2 aromatic carbocycles. The zero-order valence-electron chi connectivity index (χ0n) is 17.9. The molecule has 6 nitrogen and oxygen atoms in total. The Morgan fingerprint density at radius 3 is 2.64 bits per heavy atom. The lowest BCUT2D eigenvalue weighted by atomic mass is 9.94. The summed E-state index contributed by atoms with van der Waals surface area (Å²) in [7, 11) is 1.69. The first-order chi connectivity index (χ1) is 15.8. The Hall–Kier alpha value is -3.62. The number of carbonyl (C=O) groups excluding carboxylic acids is 1. The van der Waals surface area contributed by atoms with Crippen molar-refractivity contribution in [2.45, 2.75) is 38.3 Å². The monoisotopic (exact) mass is 452 g/mol. The Morgan fingerprint density at radius 1 is 1.12 bits per heavy atom. The van der Waals surface area contributed by atoms with Crippen LogP contribution in [0, 0.1) is 24.4 Å². The van der Waals surface area contributed by atoms with Gasteiger partial charge in [-0.15, -0.1) is 0 Å². The molecule has 4 aromatic rings. The van der Waals surface area contributed by atoms with Gasteiger partial charge in [0.25, 0.3) is 5.91 Å². The van der Waals surface area contributed by atoms with E-state index < -0.39 is 17.5 Å². The minimum absolute atomic E-state index is 0.0692. The highest BCUT2D eigenvalue weighted by molar-refractivity contribution is 5.98. The SMILES string of the molecule is Cc1nc2ccc(C(=O)N3[C@H]4CC[C@@H]3c3nn(C)c(-c5cc(F)c(F)c(F)c5)c3C4)cc2o1. The van der Waals surface area contributed by atoms with Crippen LogP contribution in [0.3, 0.4) is 0 Å². The summed E-state index contributed by atoms with van der Waals surface area (Å²) in [5, 5.41) is 4.62. The fraction of sp³-hybridized carbons (Fsp3) is 0.292. The predicted molar refractivity (Wildman–Crippen MR) is 113 cm³/mol. The van der Waals surface area contributed by atoms with Crippen LogP contribution in [-0.4, -0.2) is 31.6 Å². The van der Waals surface area contributed by atoms with Crippen LogP contribution in [-0.2, 0) is 13.5 Å². The van der Waals surface area contributed by atoms with Gasteiger partial charge in [-0.3, -0.25) is 9.48 Å². The molecule has 1 amide bonds. The second-order valence-corrected chi connectivity index (χ2v) is 8.67. The number of carbonyl (C=O) groups is 1. The van der Waals surface area contributed by atoms with E-state index in [1.807, 2.05) is 4.90 Å². The summed E-state index contributed by atoms with van der Waals surface area (Å²) in [6.45, 7) is 1.76. The quantitative estimate of drug-likeness (QED) is 0.408. The summed E-state index contributed by atoms with van der Waals surface area (Å²) in [4.78, 5) is 19.6. The summed E-state index contributed by atoms with van der Waals surface area (Å²) >= 11 is 0. The van der Waals surface area contributed by atoms with Gasteiger partial charge in [-0.2, -0.15) is 5.10 Å². The van der Waals surface area contributed by atoms with E-state index in [0.29, 0.717) is 34.7 Å². The molecular formula is C24H19F3N4O2. The number of rotatable bonds is 2. The molecule has 0 radical (unpaired) electrons. The number of aryl methyl sites for hydroxylation is 2. The molecular weight excluding hydrogens is 433 g/mol. The summed E-state index contributed by atoms with van der Waals surface area (Å²) in [5.41, 5.74) is 4.11. The fourth-order valence-electron chi connectivity index (χ4n) is 5.33. The topological polar surface area (TPSA) is 64.2 Å². The van der Waals surface area contributed by atoms with Gasteiger partial charge >= 0.3 is 0 Å². The van der Waals surface area contributed by atoms with E-state index in [1.165, 1.54) is 0 Å². The number of aromatic nitrogens is 3. The van der Waals surface area contributed by atoms with Gasteiger partial charge in [0.05, 0.1) is 17.4 Å². The van der Waals surface area contributed by atoms with Crippen LogP contribution in [0.1, 0.15) is 46.4 Å². The maximum atomic E-state index is 13.9. The van der Waals surface area contributed by atoms with Gasteiger partial charge in [-0.25, -0.2) is 18.2 Å². The lowest BCUT2D eigenvalue weighted by Crippen LogP contribution is -2.41. The normalized spacial score (nSPS) is 19.4. The van der Waals surface area contributed by atoms with Crippen LogP contribution in [0.5, 0.6) is 0 Å². The Bertz CT molecular complexity index is 1430. The number of halogens is 3. The smallest absolute Gasteiger partial charge is 0.254 e. The zero-order chi connectivity index (χ0) is 23.0. The van der Waals surface area contributed by atoms with E-state index in [4.69, 9.17) is 4.42 Å². The third-order valence-electron chi connectivity index (χ3n) is 6.67. The Labute approximate surface area is 186 Å². The molecule has 2 aliphatic rings. The first-order valence-corrected chi connectivity index (χ1v) is 10.7. The number of hydrogen-bond donors (Lipinski definition) is 0. The van der Waals surface area contributed by atoms with E-state index in [2.05, 4.69) is 10.1 Å². The van der Waals surface area contributed by atoms with Crippen molar-refractivity contribution in [3.05, 3.63) is 70.5 Å². The van der Waals surface area contributed by atoms with Crippen LogP contribution in [0.25, 0.3) is 22.4 Å². The average molecular weight is 452 g/mol. The van der Waals surface area contributed by atoms with Crippen molar-refractivity contribution in [2.24, 2.45) is 7.05 Å². The standard InChI is InChI=1S/C24H19F3N4O2/c1-11-28-18-5-3-12(9-20(18)33-11)24(32)31-14-4-6-19(31)22-15(10-14)23(30(2)29-22)13-7-16(25)21(27)17(26)8-13/h3,5,7-9,14,19H,4,6,10H2,1-2H3/t14-,19+/m0/s1. The van der Waals surface area contributed by atoms with Crippen molar-refractivity contribution in [1.29, 1.82) is 0 Å². The summed E-state index contributed by atoms with van der Waals surface area (Å²) < 4.78 is 48.5. The highest BCUT2D eigenvalue weighted by Crippen LogP contribution is 2.46. The number of benzene rings is 2. The van der Waals surface area contributed by atoms with Crippen LogP contribution >= 0.6 is 0 Å². The fourth-order valence-corrected chi connectivity index (χ4v) is 5.33. The largest absolute Gasteiger partial charge is 0.441 e. The molecule has 2 aromatic heterocycles. The first kappa shape index (κ1) is 20.0. The number of oxazole rings is 1. The van der Waals surface area contributed by atoms with Crippen molar-refractivity contribution >= 4 is 17.0 Å². The molecule has 0 N–H and O–H groups in total. The molecule has 0 saturated carbocycles. The van der Waals surface area contributed by atoms with Crippen molar-refractivity contribution in [3.63, 3.8) is 0 Å². The maximum Gasteiger partial charge on any atom is 0.254 e. The van der Waals surface area contributed by atoms with E-state index >= 15 is 0 Å². The highest BCUT2D eigenvalue weighted by Gasteiger charge is 2.46. The third kappa shape index (κ3) is 2.91. The molecule has 0 unspecified atom stereocenters. The predicted octanol–water partition coefficient (Wildman–Crippen LogP) is 4.86. The minimum atomic E-state index is -1.49. The highest BCUT2D eigenvalue weighted by atomic mass is 19.2. The van der Waals surface area contributed by atoms with Gasteiger partial charge in [0, 0.05) is 36.7 Å². The average Bonchev–Trinajstić information content (AvgIpc) is 3.42. The van der Waals surface area contributed by atoms with Crippen LogP contribution in [0.15, 0.2) is 34.7 Å². The van der Waals surface area contributed by atoms with Gasteiger partial charge in [-0.05, 0) is 49.6 Å². The molecule has 168 valence electrons. The maximum absolute atomic E-state index is 13.9. The number of nitrogens with zero attached hydrogens (tertiary/aromatic N) is 4. The van der Waals surface area contributed by atoms with E-state index in [-0.39, 0.29) is 23.6 Å². The molecule has 0 aliphatic carbocycles. The van der Waals surface area contributed by atoms with Crippen molar-refractivity contribution < 1.29 is 22.4 Å². The molecule has 4 heterocycles. The van der Waals surface area contributed by atoms with Gasteiger partial charge < -0.3 is 9.32 Å². The van der Waals surface area contributed by atoms with Crippen LogP contribution in [0.4, 0.5) is 13.2 Å². The lowest BCUT2D eigenvalue weighted by Gasteiger charge is -2.34. The van der Waals surface area contributed by atoms with Crippen LogP contribution in [0.2, 0.25) is 0 Å². The van der Waals surface area contributed by atoms with Crippen molar-refractivity contribution in [2.75, 3.05) is 0 Å². The molecule has 2 atom stereocenters. The Balaban J connectivity index is 1.40. The van der Waals surface area contributed by atoms with Gasteiger partial charge in [-0.1, -0.05) is 0 Å². The molecule has 0 spiro atoms. The van der Waals surface area contributed by atoms with Gasteiger partial charge in [0.15, 0.2) is 28.9 Å². The molecule has 1 saturated heterocycles. The Morgan fingerprint density at radius 2 is 1.88 bits per heavy atom. The van der Waals surface area contributed by atoms with Gasteiger partial charge in [0.1, 0.15) is 5.52 Å². The zero-order valence-corrected chi connectivity index (χ0v) is 17.9. The lowest BCUT2D eigenvalue weighted by molar-refractivity contribution is 0.0642. The van der Waals surface area contributed by atoms with E-state index in [9.17, 15) is 18.0 Å². The number of fused-ring (bicyclic) bond motifs is 5. The Kier molecular flexibility index (Phi) is 4.21. The van der Waals surface area contributed by atoms with E-state index in [0.717, 1.165) is 36.2 Å². The second-order valence-electron chi connectivity index (χ2n) is 8.67. The third-order valence-corrected chi connectivity index (χ3v) is 6.67. The molecule has 2 bridgehead atoms. The second kappa shape index (κ2) is 6.94. The minimum Gasteiger partial charge on any atom is -0.441 e. The van der Waals surface area contributed by atoms with E-state index in [1.54, 1.807) is 36.9 Å².